The zero-order chi connectivity index (χ0) is 14.9. The van der Waals surface area contributed by atoms with Gasteiger partial charge in [-0.05, 0) is 56.5 Å². The fourth-order valence-corrected chi connectivity index (χ4v) is 4.05. The molecule has 1 saturated carbocycles. The molecule has 0 radical (unpaired) electrons. The van der Waals surface area contributed by atoms with E-state index in [0.717, 1.165) is 31.7 Å². The van der Waals surface area contributed by atoms with Gasteiger partial charge in [0.1, 0.15) is 0 Å². The topological polar surface area (TPSA) is 24.5 Å². The molecule has 1 aliphatic carbocycles. The Bertz CT molecular complexity index is 332. The maximum absolute atomic E-state index is 5.76. The van der Waals surface area contributed by atoms with E-state index in [-0.39, 0.29) is 0 Å². The first kappa shape index (κ1) is 15.8. The lowest BCUT2D eigenvalue weighted by molar-refractivity contribution is 0.0639. The number of likely N-dealkylation sites (tertiary alicyclic amines) is 1. The van der Waals surface area contributed by atoms with Gasteiger partial charge in [0.05, 0.1) is 6.61 Å². The summed E-state index contributed by atoms with van der Waals surface area (Å²) in [5, 5.41) is 3.76. The highest BCUT2D eigenvalue weighted by molar-refractivity contribution is 4.93. The molecule has 1 unspecified atom stereocenters. The van der Waals surface area contributed by atoms with E-state index in [2.05, 4.69) is 31.0 Å². The SMILES string of the molecule is CC(C)(C)C1CCN(CC2(CNC3CC3)CCOC2)CC1. The van der Waals surface area contributed by atoms with E-state index in [4.69, 9.17) is 4.74 Å². The molecule has 2 heterocycles. The van der Waals surface area contributed by atoms with Crippen molar-refractivity contribution in [2.75, 3.05) is 39.4 Å². The predicted molar refractivity (Wildman–Crippen MR) is 87.5 cm³/mol. The van der Waals surface area contributed by atoms with Crippen LogP contribution in [-0.2, 0) is 4.74 Å². The van der Waals surface area contributed by atoms with Crippen LogP contribution in [0, 0.1) is 16.7 Å². The monoisotopic (exact) mass is 294 g/mol. The minimum absolute atomic E-state index is 0.386. The summed E-state index contributed by atoms with van der Waals surface area (Å²) in [5.74, 6) is 0.897. The lowest BCUT2D eigenvalue weighted by Crippen LogP contribution is -2.48. The summed E-state index contributed by atoms with van der Waals surface area (Å²) in [6, 6.07) is 0.814. The Morgan fingerprint density at radius 2 is 1.86 bits per heavy atom. The molecule has 0 spiro atoms. The quantitative estimate of drug-likeness (QED) is 0.844. The van der Waals surface area contributed by atoms with Gasteiger partial charge < -0.3 is 15.0 Å². The molecule has 3 nitrogen and oxygen atoms in total. The molecular weight excluding hydrogens is 260 g/mol. The first-order valence-electron chi connectivity index (χ1n) is 9.00. The van der Waals surface area contributed by atoms with E-state index < -0.39 is 0 Å². The van der Waals surface area contributed by atoms with Gasteiger partial charge in [-0.15, -0.1) is 0 Å². The Labute approximate surface area is 130 Å². The van der Waals surface area contributed by atoms with Crippen molar-refractivity contribution in [1.29, 1.82) is 0 Å². The molecule has 3 fully saturated rings. The van der Waals surface area contributed by atoms with Crippen LogP contribution in [0.15, 0.2) is 0 Å². The summed E-state index contributed by atoms with van der Waals surface area (Å²) in [5.41, 5.74) is 0.866. The molecule has 0 amide bonds. The number of hydrogen-bond donors (Lipinski definition) is 1. The average molecular weight is 294 g/mol. The Hall–Kier alpha value is -0.120. The zero-order valence-electron chi connectivity index (χ0n) is 14.3. The third kappa shape index (κ3) is 4.20. The summed E-state index contributed by atoms with van der Waals surface area (Å²) in [6.45, 7) is 14.1. The molecule has 3 rings (SSSR count). The van der Waals surface area contributed by atoms with Crippen LogP contribution in [0.3, 0.4) is 0 Å². The molecular formula is C18H34N2O. The van der Waals surface area contributed by atoms with Gasteiger partial charge in [-0.1, -0.05) is 20.8 Å². The van der Waals surface area contributed by atoms with E-state index in [9.17, 15) is 0 Å². The van der Waals surface area contributed by atoms with Crippen LogP contribution in [0.2, 0.25) is 0 Å². The van der Waals surface area contributed by atoms with Crippen LogP contribution in [0.4, 0.5) is 0 Å². The van der Waals surface area contributed by atoms with Crippen LogP contribution in [0.1, 0.15) is 52.9 Å². The second-order valence-corrected chi connectivity index (χ2v) is 8.87. The van der Waals surface area contributed by atoms with E-state index in [1.807, 2.05) is 0 Å². The molecule has 0 bridgehead atoms. The molecule has 0 aromatic rings. The van der Waals surface area contributed by atoms with Crippen molar-refractivity contribution in [3.05, 3.63) is 0 Å². The lowest BCUT2D eigenvalue weighted by Gasteiger charge is -2.42. The second kappa shape index (κ2) is 6.17. The molecule has 3 heteroatoms. The smallest absolute Gasteiger partial charge is 0.0547 e. The largest absolute Gasteiger partial charge is 0.381 e. The third-order valence-corrected chi connectivity index (χ3v) is 5.90. The fourth-order valence-electron chi connectivity index (χ4n) is 4.05. The molecule has 0 aromatic heterocycles. The van der Waals surface area contributed by atoms with Crippen LogP contribution < -0.4 is 5.32 Å². The lowest BCUT2D eigenvalue weighted by atomic mass is 9.75. The Kier molecular flexibility index (Phi) is 4.63. The van der Waals surface area contributed by atoms with Crippen molar-refractivity contribution < 1.29 is 4.74 Å². The maximum atomic E-state index is 5.76. The number of piperidine rings is 1. The standard InChI is InChI=1S/C18H34N2O/c1-17(2,3)15-6-9-20(10-7-15)13-18(8-11-21-14-18)12-19-16-4-5-16/h15-16,19H,4-14H2,1-3H3. The van der Waals surface area contributed by atoms with Crippen molar-refractivity contribution >= 4 is 0 Å². The molecule has 3 aliphatic rings. The Morgan fingerprint density at radius 3 is 2.38 bits per heavy atom. The molecule has 2 aliphatic heterocycles. The number of ether oxygens (including phenoxy) is 1. The maximum Gasteiger partial charge on any atom is 0.0547 e. The summed E-state index contributed by atoms with van der Waals surface area (Å²) >= 11 is 0. The number of rotatable bonds is 5. The van der Waals surface area contributed by atoms with Gasteiger partial charge in [-0.3, -0.25) is 0 Å². The summed E-state index contributed by atoms with van der Waals surface area (Å²) in [6.07, 6.45) is 6.75. The molecule has 122 valence electrons. The van der Waals surface area contributed by atoms with Crippen LogP contribution in [0.25, 0.3) is 0 Å². The highest BCUT2D eigenvalue weighted by Gasteiger charge is 2.39. The van der Waals surface area contributed by atoms with Crippen molar-refractivity contribution in [3.8, 4) is 0 Å². The van der Waals surface area contributed by atoms with Crippen LogP contribution in [0.5, 0.6) is 0 Å². The summed E-state index contributed by atoms with van der Waals surface area (Å²) in [7, 11) is 0. The van der Waals surface area contributed by atoms with Gasteiger partial charge in [-0.25, -0.2) is 0 Å². The van der Waals surface area contributed by atoms with Gasteiger partial charge >= 0.3 is 0 Å². The van der Waals surface area contributed by atoms with E-state index in [0.29, 0.717) is 10.8 Å². The van der Waals surface area contributed by atoms with Gasteiger partial charge in [-0.2, -0.15) is 0 Å². The Balaban J connectivity index is 1.50. The molecule has 21 heavy (non-hydrogen) atoms. The zero-order valence-corrected chi connectivity index (χ0v) is 14.3. The Morgan fingerprint density at radius 1 is 1.14 bits per heavy atom. The van der Waals surface area contributed by atoms with E-state index in [1.165, 1.54) is 51.7 Å². The van der Waals surface area contributed by atoms with Gasteiger partial charge in [0.15, 0.2) is 0 Å². The summed E-state index contributed by atoms with van der Waals surface area (Å²) < 4.78 is 5.76. The van der Waals surface area contributed by atoms with Gasteiger partial charge in [0, 0.05) is 31.2 Å². The highest BCUT2D eigenvalue weighted by Crippen LogP contribution is 2.36. The normalized spacial score (nSPS) is 32.7. The first-order chi connectivity index (χ1) is 9.97. The van der Waals surface area contributed by atoms with E-state index >= 15 is 0 Å². The second-order valence-electron chi connectivity index (χ2n) is 8.87. The van der Waals surface area contributed by atoms with Crippen molar-refractivity contribution in [1.82, 2.24) is 10.2 Å². The first-order valence-corrected chi connectivity index (χ1v) is 9.00. The highest BCUT2D eigenvalue weighted by atomic mass is 16.5. The van der Waals surface area contributed by atoms with Crippen LogP contribution >= 0.6 is 0 Å². The van der Waals surface area contributed by atoms with Crippen molar-refractivity contribution in [3.63, 3.8) is 0 Å². The van der Waals surface area contributed by atoms with E-state index in [1.54, 1.807) is 0 Å². The molecule has 0 aromatic carbocycles. The minimum atomic E-state index is 0.386. The third-order valence-electron chi connectivity index (χ3n) is 5.90. The van der Waals surface area contributed by atoms with Crippen molar-refractivity contribution in [2.45, 2.75) is 58.9 Å². The number of nitrogens with one attached hydrogen (secondary N) is 1. The number of nitrogens with zero attached hydrogens (tertiary/aromatic N) is 1. The van der Waals surface area contributed by atoms with Gasteiger partial charge in [0.25, 0.3) is 0 Å². The molecule has 2 saturated heterocycles. The predicted octanol–water partition coefficient (Wildman–Crippen LogP) is 2.90. The summed E-state index contributed by atoms with van der Waals surface area (Å²) in [4.78, 5) is 2.71. The van der Waals surface area contributed by atoms with Gasteiger partial charge in [0.2, 0.25) is 0 Å². The van der Waals surface area contributed by atoms with Crippen LogP contribution in [-0.4, -0.2) is 50.3 Å². The average Bonchev–Trinajstić information content (AvgIpc) is 3.16. The number of hydrogen-bond acceptors (Lipinski definition) is 3. The molecule has 1 N–H and O–H groups in total. The minimum Gasteiger partial charge on any atom is -0.381 e. The van der Waals surface area contributed by atoms with Crippen molar-refractivity contribution in [2.24, 2.45) is 16.7 Å². The fraction of sp³-hybridized carbons (Fsp3) is 1.00. The molecule has 1 atom stereocenters.